The van der Waals surface area contributed by atoms with E-state index in [1.54, 1.807) is 18.0 Å². The number of halogens is 1. The molecule has 0 amide bonds. The average Bonchev–Trinajstić information content (AvgIpc) is 3.16. The molecule has 0 aliphatic heterocycles. The molecule has 27 heavy (non-hydrogen) atoms. The molecular formula is C21H20BrO3S2+. The molecule has 0 bridgehead atoms. The summed E-state index contributed by atoms with van der Waals surface area (Å²) in [6.07, 6.45) is 6.66. The maximum atomic E-state index is 10.9. The summed E-state index contributed by atoms with van der Waals surface area (Å²) in [6, 6.07) is 12.3. The van der Waals surface area contributed by atoms with Gasteiger partial charge in [-0.15, -0.1) is 11.8 Å². The molecule has 1 heterocycles. The summed E-state index contributed by atoms with van der Waals surface area (Å²) < 4.78 is 23.5. The Labute approximate surface area is 175 Å². The lowest BCUT2D eigenvalue weighted by atomic mass is 10.1. The number of hydrogen-bond donors (Lipinski definition) is 0. The molecule has 0 unspecified atom stereocenters. The molecule has 0 saturated heterocycles. The number of ether oxygens (including phenoxy) is 1. The van der Waals surface area contributed by atoms with Gasteiger partial charge in [0.25, 0.3) is 5.75 Å². The fraction of sp³-hybridized carbons (Fsp3) is 0.238. The van der Waals surface area contributed by atoms with E-state index in [4.69, 9.17) is 9.15 Å². The van der Waals surface area contributed by atoms with Crippen LogP contribution in [0.2, 0.25) is 0 Å². The molecule has 6 heteroatoms. The fourth-order valence-corrected chi connectivity index (χ4v) is 4.45. The second-order valence-corrected chi connectivity index (χ2v) is 8.32. The lowest BCUT2D eigenvalue weighted by Crippen LogP contribution is -1.99. The molecule has 3 aromatic rings. The Morgan fingerprint density at radius 2 is 2.11 bits per heavy atom. The first kappa shape index (κ1) is 20.1. The Bertz CT molecular complexity index is 979. The molecule has 140 valence electrons. The first-order valence-corrected chi connectivity index (χ1v) is 11.5. The van der Waals surface area contributed by atoms with Crippen LogP contribution in [0.15, 0.2) is 56.5 Å². The van der Waals surface area contributed by atoms with E-state index in [1.165, 1.54) is 5.56 Å². The third-order valence-electron chi connectivity index (χ3n) is 4.23. The zero-order valence-corrected chi connectivity index (χ0v) is 18.4. The number of hydrogen-bond acceptors (Lipinski definition) is 4. The van der Waals surface area contributed by atoms with Crippen LogP contribution in [-0.4, -0.2) is 12.0 Å². The predicted octanol–water partition coefficient (Wildman–Crippen LogP) is 6.47. The number of benzene rings is 2. The molecule has 0 radical (unpaired) electrons. The molecule has 3 rings (SSSR count). The number of aryl methyl sites for hydroxylation is 1. The molecule has 0 aliphatic carbocycles. The van der Waals surface area contributed by atoms with Crippen molar-refractivity contribution in [1.82, 2.24) is 0 Å². The van der Waals surface area contributed by atoms with Crippen LogP contribution in [0.1, 0.15) is 23.6 Å². The highest BCUT2D eigenvalue weighted by Gasteiger charge is 2.10. The molecule has 2 aromatic carbocycles. The molecule has 0 N–H and O–H groups in total. The summed E-state index contributed by atoms with van der Waals surface area (Å²) in [5.41, 5.74) is 4.12. The maximum Gasteiger partial charge on any atom is 0.464 e. The van der Waals surface area contributed by atoms with Crippen molar-refractivity contribution in [2.24, 2.45) is 0 Å². The van der Waals surface area contributed by atoms with Gasteiger partial charge < -0.3 is 9.15 Å². The zero-order valence-electron chi connectivity index (χ0n) is 15.2. The summed E-state index contributed by atoms with van der Waals surface area (Å²) in [5, 5.41) is 1.04. The quantitative estimate of drug-likeness (QED) is 0.358. The minimum absolute atomic E-state index is 0.457. The van der Waals surface area contributed by atoms with Gasteiger partial charge in [-0.1, -0.05) is 19.1 Å². The SMILES string of the molecule is CCc1ccc(C=C(C[S+]=O)SC)c(OCc2cc(Br)c3occc3c2)c1. The second kappa shape index (κ2) is 9.53. The van der Waals surface area contributed by atoms with Gasteiger partial charge in [-0.3, -0.25) is 0 Å². The second-order valence-electron chi connectivity index (χ2n) is 6.01. The highest BCUT2D eigenvalue weighted by atomic mass is 79.9. The van der Waals surface area contributed by atoms with E-state index >= 15 is 0 Å². The highest BCUT2D eigenvalue weighted by molar-refractivity contribution is 9.10. The van der Waals surface area contributed by atoms with Crippen LogP contribution in [0, 0.1) is 0 Å². The Balaban J connectivity index is 1.88. The number of thioether (sulfide) groups is 1. The number of fused-ring (bicyclic) bond motifs is 1. The van der Waals surface area contributed by atoms with E-state index in [0.29, 0.717) is 24.0 Å². The molecule has 0 atom stereocenters. The molecule has 0 fully saturated rings. The lowest BCUT2D eigenvalue weighted by Gasteiger charge is -2.12. The van der Waals surface area contributed by atoms with Crippen LogP contribution in [0.25, 0.3) is 17.0 Å². The van der Waals surface area contributed by atoms with Crippen molar-refractivity contribution < 1.29 is 13.4 Å². The first-order valence-electron chi connectivity index (χ1n) is 8.55. The van der Waals surface area contributed by atoms with Crippen molar-refractivity contribution in [3.63, 3.8) is 0 Å². The van der Waals surface area contributed by atoms with Crippen LogP contribution in [0.5, 0.6) is 5.75 Å². The van der Waals surface area contributed by atoms with E-state index in [-0.39, 0.29) is 0 Å². The number of furan rings is 1. The van der Waals surface area contributed by atoms with E-state index in [0.717, 1.165) is 43.6 Å². The third-order valence-corrected chi connectivity index (χ3v) is 6.21. The van der Waals surface area contributed by atoms with E-state index in [2.05, 4.69) is 47.1 Å². The van der Waals surface area contributed by atoms with Crippen molar-refractivity contribution in [2.45, 2.75) is 20.0 Å². The van der Waals surface area contributed by atoms with Gasteiger partial charge in [0.15, 0.2) is 0 Å². The molecule has 0 spiro atoms. The molecule has 0 saturated carbocycles. The Morgan fingerprint density at radius 1 is 1.26 bits per heavy atom. The Kier molecular flexibility index (Phi) is 7.10. The van der Waals surface area contributed by atoms with E-state index in [1.807, 2.05) is 24.5 Å². The monoisotopic (exact) mass is 463 g/mol. The fourth-order valence-electron chi connectivity index (χ4n) is 2.78. The van der Waals surface area contributed by atoms with Crippen LogP contribution < -0.4 is 4.74 Å². The summed E-state index contributed by atoms with van der Waals surface area (Å²) in [5.74, 6) is 1.29. The van der Waals surface area contributed by atoms with Crippen LogP contribution in [-0.2, 0) is 28.9 Å². The van der Waals surface area contributed by atoms with Crippen molar-refractivity contribution in [2.75, 3.05) is 12.0 Å². The predicted molar refractivity (Wildman–Crippen MR) is 118 cm³/mol. The highest BCUT2D eigenvalue weighted by Crippen LogP contribution is 2.29. The zero-order chi connectivity index (χ0) is 19.2. The normalized spacial score (nSPS) is 11.7. The molecule has 1 aromatic heterocycles. The van der Waals surface area contributed by atoms with Gasteiger partial charge in [0.2, 0.25) is 0 Å². The summed E-state index contributed by atoms with van der Waals surface area (Å²) in [7, 11) is 0. The third kappa shape index (κ3) is 5.00. The lowest BCUT2D eigenvalue weighted by molar-refractivity contribution is 0.305. The van der Waals surface area contributed by atoms with E-state index in [9.17, 15) is 4.21 Å². The average molecular weight is 464 g/mol. The summed E-state index contributed by atoms with van der Waals surface area (Å²) >= 11 is 5.74. The van der Waals surface area contributed by atoms with Crippen molar-refractivity contribution >= 4 is 56.4 Å². The van der Waals surface area contributed by atoms with Gasteiger partial charge in [-0.2, -0.15) is 0 Å². The minimum Gasteiger partial charge on any atom is -0.488 e. The maximum absolute atomic E-state index is 10.9. The first-order chi connectivity index (χ1) is 13.1. The van der Waals surface area contributed by atoms with Gasteiger partial charge in [-0.05, 0) is 70.1 Å². The molecule has 3 nitrogen and oxygen atoms in total. The van der Waals surface area contributed by atoms with Crippen molar-refractivity contribution in [3.05, 3.63) is 68.7 Å². The summed E-state index contributed by atoms with van der Waals surface area (Å²) in [4.78, 5) is 1.03. The van der Waals surface area contributed by atoms with Crippen LogP contribution in [0.4, 0.5) is 0 Å². The van der Waals surface area contributed by atoms with Gasteiger partial charge in [0.05, 0.1) is 10.7 Å². The summed E-state index contributed by atoms with van der Waals surface area (Å²) in [6.45, 7) is 2.58. The van der Waals surface area contributed by atoms with Crippen molar-refractivity contribution in [1.29, 1.82) is 0 Å². The minimum atomic E-state index is 0.457. The van der Waals surface area contributed by atoms with Crippen LogP contribution >= 0.6 is 27.7 Å². The molecule has 0 aliphatic rings. The Hall–Kier alpha value is -1.63. The van der Waals surface area contributed by atoms with Gasteiger partial charge in [0.1, 0.15) is 17.9 Å². The smallest absolute Gasteiger partial charge is 0.464 e. The standard InChI is InChI=1S/C21H20BrO3S2/c1-3-14-4-5-16(11-18(26-2)13-27-23)20(10-14)25-12-15-8-17-6-7-24-21(17)19(22)9-15/h4-11H,3,12-13H2,1-2H3/q+1. The van der Waals surface area contributed by atoms with E-state index < -0.39 is 0 Å². The Morgan fingerprint density at radius 3 is 2.85 bits per heavy atom. The van der Waals surface area contributed by atoms with Crippen LogP contribution in [0.3, 0.4) is 0 Å². The van der Waals surface area contributed by atoms with Gasteiger partial charge in [0, 0.05) is 20.1 Å². The molecular weight excluding hydrogens is 444 g/mol. The largest absolute Gasteiger partial charge is 0.488 e. The van der Waals surface area contributed by atoms with Crippen molar-refractivity contribution in [3.8, 4) is 5.75 Å². The van der Waals surface area contributed by atoms with Gasteiger partial charge >= 0.3 is 11.7 Å². The topological polar surface area (TPSA) is 39.4 Å². The number of rotatable bonds is 8. The van der Waals surface area contributed by atoms with Gasteiger partial charge in [-0.25, -0.2) is 0 Å².